The number of carbonyl (C=O) groups is 1. The van der Waals surface area contributed by atoms with E-state index < -0.39 is 0 Å². The van der Waals surface area contributed by atoms with Crippen LogP contribution in [0.2, 0.25) is 5.02 Å². The van der Waals surface area contributed by atoms with E-state index in [9.17, 15) is 4.79 Å². The summed E-state index contributed by atoms with van der Waals surface area (Å²) in [6.07, 6.45) is 0. The Balaban J connectivity index is 1.97. The Bertz CT molecular complexity index is 610. The Labute approximate surface area is 127 Å². The minimum atomic E-state index is -0.0360. The first-order valence-corrected chi connectivity index (χ1v) is 7.60. The lowest BCUT2D eigenvalue weighted by Crippen LogP contribution is -2.21. The highest BCUT2D eigenvalue weighted by Crippen LogP contribution is 2.22. The number of carbonyl (C=O) groups excluding carboxylic acids is 1. The molecule has 0 radical (unpaired) electrons. The van der Waals surface area contributed by atoms with Gasteiger partial charge in [-0.1, -0.05) is 11.6 Å². The molecule has 0 atom stereocenters. The van der Waals surface area contributed by atoms with Gasteiger partial charge in [0.15, 0.2) is 0 Å². The van der Waals surface area contributed by atoms with E-state index in [0.29, 0.717) is 18.0 Å². The maximum Gasteiger partial charge on any atom is 0.261 e. The summed E-state index contributed by atoms with van der Waals surface area (Å²) >= 11 is 7.39. The molecule has 1 heterocycles. The van der Waals surface area contributed by atoms with Crippen LogP contribution >= 0.6 is 22.9 Å². The summed E-state index contributed by atoms with van der Waals surface area (Å²) in [5.41, 5.74) is 1.97. The Morgan fingerprint density at radius 3 is 2.90 bits per heavy atom. The van der Waals surface area contributed by atoms with E-state index in [1.807, 2.05) is 43.5 Å². The summed E-state index contributed by atoms with van der Waals surface area (Å²) in [7, 11) is 0. The number of hydrogen-bond acceptors (Lipinski definition) is 3. The minimum Gasteiger partial charge on any atom is -0.489 e. The molecule has 5 heteroatoms. The summed E-state index contributed by atoms with van der Waals surface area (Å²) in [6, 6.07) is 7.42. The third-order valence-corrected chi connectivity index (χ3v) is 4.15. The van der Waals surface area contributed by atoms with Crippen LogP contribution in [0.3, 0.4) is 0 Å². The van der Waals surface area contributed by atoms with Crippen molar-refractivity contribution < 1.29 is 9.53 Å². The molecule has 0 fully saturated rings. The van der Waals surface area contributed by atoms with Crippen LogP contribution in [0, 0.1) is 6.92 Å². The van der Waals surface area contributed by atoms with Gasteiger partial charge in [-0.05, 0) is 49.1 Å². The lowest BCUT2D eigenvalue weighted by molar-refractivity contribution is 0.0960. The molecule has 0 aliphatic rings. The maximum atomic E-state index is 11.7. The number of amides is 1. The van der Waals surface area contributed by atoms with Crippen molar-refractivity contribution in [3.05, 3.63) is 50.7 Å². The quantitative estimate of drug-likeness (QED) is 0.905. The van der Waals surface area contributed by atoms with E-state index in [1.165, 1.54) is 11.3 Å². The molecule has 1 amide bonds. The van der Waals surface area contributed by atoms with E-state index in [2.05, 4.69) is 5.32 Å². The van der Waals surface area contributed by atoms with Gasteiger partial charge >= 0.3 is 0 Å². The van der Waals surface area contributed by atoms with Crippen molar-refractivity contribution in [3.8, 4) is 5.75 Å². The van der Waals surface area contributed by atoms with Gasteiger partial charge in [0.1, 0.15) is 12.4 Å². The molecule has 106 valence electrons. The molecule has 1 N–H and O–H groups in total. The van der Waals surface area contributed by atoms with Crippen molar-refractivity contribution in [1.29, 1.82) is 0 Å². The molecule has 0 aliphatic carbocycles. The van der Waals surface area contributed by atoms with Crippen LogP contribution in [0.25, 0.3) is 0 Å². The Morgan fingerprint density at radius 1 is 1.40 bits per heavy atom. The molecular weight excluding hydrogens is 294 g/mol. The van der Waals surface area contributed by atoms with Crippen molar-refractivity contribution in [2.45, 2.75) is 20.5 Å². The molecule has 1 aromatic heterocycles. The first-order chi connectivity index (χ1) is 9.60. The van der Waals surface area contributed by atoms with E-state index in [0.717, 1.165) is 21.9 Å². The van der Waals surface area contributed by atoms with Gasteiger partial charge in [0.05, 0.1) is 4.88 Å². The van der Waals surface area contributed by atoms with Crippen molar-refractivity contribution >= 4 is 28.8 Å². The van der Waals surface area contributed by atoms with Crippen molar-refractivity contribution in [2.24, 2.45) is 0 Å². The highest BCUT2D eigenvalue weighted by atomic mass is 35.5. The third kappa shape index (κ3) is 3.74. The van der Waals surface area contributed by atoms with Crippen LogP contribution in [0.5, 0.6) is 5.75 Å². The highest BCUT2D eigenvalue weighted by molar-refractivity contribution is 7.12. The van der Waals surface area contributed by atoms with E-state index in [-0.39, 0.29) is 5.91 Å². The fourth-order valence-electron chi connectivity index (χ4n) is 1.69. The summed E-state index contributed by atoms with van der Waals surface area (Å²) < 4.78 is 5.70. The molecule has 2 rings (SSSR count). The molecule has 0 unspecified atom stereocenters. The lowest BCUT2D eigenvalue weighted by atomic mass is 10.2. The van der Waals surface area contributed by atoms with Crippen LogP contribution in [-0.2, 0) is 6.61 Å². The number of aryl methyl sites for hydroxylation is 1. The summed E-state index contributed by atoms with van der Waals surface area (Å²) in [5.74, 6) is 0.740. The van der Waals surface area contributed by atoms with E-state index in [1.54, 1.807) is 0 Å². The zero-order chi connectivity index (χ0) is 14.5. The number of thiophene rings is 1. The third-order valence-electron chi connectivity index (χ3n) is 2.75. The number of halogens is 1. The van der Waals surface area contributed by atoms with Gasteiger partial charge in [-0.25, -0.2) is 0 Å². The second-order valence-corrected chi connectivity index (χ2v) is 5.70. The van der Waals surface area contributed by atoms with Gasteiger partial charge in [0.25, 0.3) is 5.91 Å². The SMILES string of the molecule is CCNC(=O)c1cc(COc2ccc(Cl)c(C)c2)cs1. The second-order valence-electron chi connectivity index (χ2n) is 4.38. The van der Waals surface area contributed by atoms with Crippen LogP contribution in [0.15, 0.2) is 29.6 Å². The smallest absolute Gasteiger partial charge is 0.261 e. The lowest BCUT2D eigenvalue weighted by Gasteiger charge is -2.06. The van der Waals surface area contributed by atoms with Crippen LogP contribution in [-0.4, -0.2) is 12.5 Å². The first-order valence-electron chi connectivity index (χ1n) is 6.34. The normalized spacial score (nSPS) is 10.3. The van der Waals surface area contributed by atoms with Gasteiger partial charge in [0, 0.05) is 17.1 Å². The second kappa shape index (κ2) is 6.77. The van der Waals surface area contributed by atoms with Gasteiger partial charge < -0.3 is 10.1 Å². The average molecular weight is 310 g/mol. The number of ether oxygens (including phenoxy) is 1. The first kappa shape index (κ1) is 14.9. The molecule has 0 saturated heterocycles. The zero-order valence-electron chi connectivity index (χ0n) is 11.4. The standard InChI is InChI=1S/C15H16ClNO2S/c1-3-17-15(18)14-7-11(9-20-14)8-19-12-4-5-13(16)10(2)6-12/h4-7,9H,3,8H2,1-2H3,(H,17,18). The van der Waals surface area contributed by atoms with Crippen LogP contribution < -0.4 is 10.1 Å². The van der Waals surface area contributed by atoms with Gasteiger partial charge in [0.2, 0.25) is 0 Å². The van der Waals surface area contributed by atoms with E-state index in [4.69, 9.17) is 16.3 Å². The average Bonchev–Trinajstić information content (AvgIpc) is 2.89. The van der Waals surface area contributed by atoms with Crippen LogP contribution in [0.4, 0.5) is 0 Å². The molecule has 0 aliphatic heterocycles. The summed E-state index contributed by atoms with van der Waals surface area (Å²) in [6.45, 7) is 4.91. The van der Waals surface area contributed by atoms with Gasteiger partial charge in [-0.15, -0.1) is 11.3 Å². The Morgan fingerprint density at radius 2 is 2.20 bits per heavy atom. The topological polar surface area (TPSA) is 38.3 Å². The van der Waals surface area contributed by atoms with Crippen LogP contribution in [0.1, 0.15) is 27.7 Å². The monoisotopic (exact) mass is 309 g/mol. The maximum absolute atomic E-state index is 11.7. The number of nitrogens with one attached hydrogen (secondary N) is 1. The fourth-order valence-corrected chi connectivity index (χ4v) is 2.62. The molecular formula is C15H16ClNO2S. The zero-order valence-corrected chi connectivity index (χ0v) is 13.0. The van der Waals surface area contributed by atoms with E-state index >= 15 is 0 Å². The molecule has 0 saturated carbocycles. The predicted octanol–water partition coefficient (Wildman–Crippen LogP) is 4.04. The van der Waals surface area contributed by atoms with Crippen molar-refractivity contribution in [2.75, 3.05) is 6.54 Å². The Kier molecular flexibility index (Phi) is 5.04. The largest absolute Gasteiger partial charge is 0.489 e. The predicted molar refractivity (Wildman–Crippen MR) is 82.8 cm³/mol. The molecule has 0 bridgehead atoms. The fraction of sp³-hybridized carbons (Fsp3) is 0.267. The number of rotatable bonds is 5. The Hall–Kier alpha value is -1.52. The van der Waals surface area contributed by atoms with Gasteiger partial charge in [-0.2, -0.15) is 0 Å². The van der Waals surface area contributed by atoms with Gasteiger partial charge in [-0.3, -0.25) is 4.79 Å². The molecule has 1 aromatic carbocycles. The highest BCUT2D eigenvalue weighted by Gasteiger charge is 2.08. The number of benzene rings is 1. The summed E-state index contributed by atoms with van der Waals surface area (Å²) in [5, 5.41) is 5.44. The minimum absolute atomic E-state index is 0.0360. The molecule has 0 spiro atoms. The molecule has 20 heavy (non-hydrogen) atoms. The summed E-state index contributed by atoms with van der Waals surface area (Å²) in [4.78, 5) is 12.4. The number of hydrogen-bond donors (Lipinski definition) is 1. The molecule has 3 nitrogen and oxygen atoms in total. The van der Waals surface area contributed by atoms with Crippen molar-refractivity contribution in [1.82, 2.24) is 5.32 Å². The molecule has 2 aromatic rings. The van der Waals surface area contributed by atoms with Crippen molar-refractivity contribution in [3.63, 3.8) is 0 Å².